The Bertz CT molecular complexity index is 1350. The van der Waals surface area contributed by atoms with Crippen LogP contribution in [0.25, 0.3) is 6.08 Å². The van der Waals surface area contributed by atoms with Crippen molar-refractivity contribution in [3.05, 3.63) is 109 Å². The van der Waals surface area contributed by atoms with Gasteiger partial charge in [-0.1, -0.05) is 24.3 Å². The number of rotatable bonds is 7. The van der Waals surface area contributed by atoms with Crippen LogP contribution >= 0.6 is 11.8 Å². The lowest BCUT2D eigenvalue weighted by Crippen LogP contribution is -2.28. The van der Waals surface area contributed by atoms with Gasteiger partial charge in [-0.25, -0.2) is 0 Å². The van der Waals surface area contributed by atoms with Gasteiger partial charge in [-0.2, -0.15) is 5.10 Å². The Morgan fingerprint density at radius 1 is 0.971 bits per heavy atom. The highest BCUT2D eigenvalue weighted by Crippen LogP contribution is 2.34. The summed E-state index contributed by atoms with van der Waals surface area (Å²) in [5, 5.41) is 30.4. The molecular weight excluding hydrogens is 462 g/mol. The van der Waals surface area contributed by atoms with Gasteiger partial charge in [-0.05, 0) is 35.5 Å². The zero-order valence-electron chi connectivity index (χ0n) is 17.3. The molecule has 1 aliphatic heterocycles. The molecule has 0 atom stereocenters. The number of hydrogen-bond acceptors (Lipinski definition) is 9. The van der Waals surface area contributed by atoms with E-state index in [4.69, 9.17) is 4.42 Å². The van der Waals surface area contributed by atoms with Crippen LogP contribution < -0.4 is 0 Å². The van der Waals surface area contributed by atoms with E-state index in [1.165, 1.54) is 53.8 Å². The van der Waals surface area contributed by atoms with E-state index in [1.54, 1.807) is 30.3 Å². The highest BCUT2D eigenvalue weighted by Gasteiger charge is 2.34. The van der Waals surface area contributed by atoms with Crippen LogP contribution in [0.5, 0.6) is 0 Å². The second kappa shape index (κ2) is 9.92. The van der Waals surface area contributed by atoms with Crippen LogP contribution in [-0.4, -0.2) is 32.0 Å². The summed E-state index contributed by atoms with van der Waals surface area (Å²) >= 11 is 1.05. The van der Waals surface area contributed by atoms with Crippen LogP contribution in [0.3, 0.4) is 0 Å². The number of nitrogens with zero attached hydrogens (tertiary/aromatic N) is 5. The highest BCUT2D eigenvalue weighted by molar-refractivity contribution is 8.18. The molecule has 0 unspecified atom stereocenters. The number of carbonyl (C=O) groups is 1. The molecule has 1 fully saturated rings. The Balaban J connectivity index is 1.63. The first-order valence-electron chi connectivity index (χ1n) is 9.74. The molecule has 170 valence electrons. The van der Waals surface area contributed by atoms with Crippen molar-refractivity contribution in [2.75, 3.05) is 0 Å². The number of carbonyl (C=O) groups excluding carboxylic acids is 1. The molecule has 0 radical (unpaired) electrons. The SMILES string of the molecule is O=C1/C(=C/c2cccc([N+](=O)[O-])c2)S/C(=N\N=C\c2cccc([N+](=O)[O-])c2)N1Cc1ccco1. The van der Waals surface area contributed by atoms with E-state index in [-0.39, 0.29) is 29.0 Å². The molecule has 0 N–H and O–H groups in total. The van der Waals surface area contributed by atoms with Crippen molar-refractivity contribution in [2.45, 2.75) is 6.54 Å². The Morgan fingerprint density at radius 2 is 1.65 bits per heavy atom. The van der Waals surface area contributed by atoms with E-state index in [1.807, 2.05) is 0 Å². The molecule has 0 aliphatic carbocycles. The maximum atomic E-state index is 13.1. The standard InChI is InChI=1S/C22H15N5O6S/c28-21-20(12-15-4-1-6-17(10-15)26(29)30)34-22(25(21)14-19-8-3-9-33-19)24-23-13-16-5-2-7-18(11-16)27(31)32/h1-13H,14H2/b20-12-,23-13+,24-22-. The number of benzene rings is 2. The van der Waals surface area contributed by atoms with E-state index >= 15 is 0 Å². The quantitative estimate of drug-likeness (QED) is 0.209. The van der Waals surface area contributed by atoms with Crippen molar-refractivity contribution < 1.29 is 19.1 Å². The molecule has 0 spiro atoms. The molecule has 34 heavy (non-hydrogen) atoms. The third kappa shape index (κ3) is 5.24. The fraction of sp³-hybridized carbons (Fsp3) is 0.0455. The monoisotopic (exact) mass is 477 g/mol. The summed E-state index contributed by atoms with van der Waals surface area (Å²) in [6.07, 6.45) is 4.38. The van der Waals surface area contributed by atoms with Crippen molar-refractivity contribution in [1.29, 1.82) is 0 Å². The molecular formula is C22H15N5O6S. The van der Waals surface area contributed by atoms with Crippen LogP contribution in [-0.2, 0) is 11.3 Å². The van der Waals surface area contributed by atoms with Gasteiger partial charge in [-0.15, -0.1) is 5.10 Å². The topological polar surface area (TPSA) is 144 Å². The van der Waals surface area contributed by atoms with Gasteiger partial charge < -0.3 is 4.42 Å². The first-order chi connectivity index (χ1) is 16.4. The zero-order valence-corrected chi connectivity index (χ0v) is 18.1. The summed E-state index contributed by atoms with van der Waals surface area (Å²) < 4.78 is 5.34. The molecule has 3 aromatic rings. The fourth-order valence-electron chi connectivity index (χ4n) is 3.02. The number of furan rings is 1. The number of amidine groups is 1. The second-order valence-electron chi connectivity index (χ2n) is 6.91. The van der Waals surface area contributed by atoms with E-state index in [2.05, 4.69) is 10.2 Å². The highest BCUT2D eigenvalue weighted by atomic mass is 32.2. The van der Waals surface area contributed by atoms with Crippen molar-refractivity contribution in [3.8, 4) is 0 Å². The minimum atomic E-state index is -0.510. The minimum absolute atomic E-state index is 0.0800. The molecule has 2 heterocycles. The molecule has 0 bridgehead atoms. The summed E-state index contributed by atoms with van der Waals surface area (Å²) in [6, 6.07) is 15.2. The molecule has 1 aromatic heterocycles. The molecule has 1 amide bonds. The normalized spacial score (nSPS) is 16.1. The maximum absolute atomic E-state index is 13.1. The number of amides is 1. The summed E-state index contributed by atoms with van der Waals surface area (Å²) in [6.45, 7) is 0.107. The minimum Gasteiger partial charge on any atom is -0.467 e. The number of thioether (sulfide) groups is 1. The van der Waals surface area contributed by atoms with Crippen LogP contribution in [0.2, 0.25) is 0 Å². The van der Waals surface area contributed by atoms with E-state index < -0.39 is 9.85 Å². The third-order valence-corrected chi connectivity index (χ3v) is 5.59. The second-order valence-corrected chi connectivity index (χ2v) is 7.92. The van der Waals surface area contributed by atoms with Crippen LogP contribution in [0.15, 0.2) is 86.5 Å². The van der Waals surface area contributed by atoms with Gasteiger partial charge in [0, 0.05) is 29.8 Å². The summed E-state index contributed by atoms with van der Waals surface area (Å²) in [5.41, 5.74) is 0.790. The molecule has 12 heteroatoms. The van der Waals surface area contributed by atoms with Gasteiger partial charge in [0.05, 0.1) is 33.8 Å². The number of nitro benzene ring substituents is 2. The average Bonchev–Trinajstić information content (AvgIpc) is 3.44. The number of nitro groups is 2. The zero-order chi connectivity index (χ0) is 24.1. The van der Waals surface area contributed by atoms with Gasteiger partial charge in [0.25, 0.3) is 17.3 Å². The van der Waals surface area contributed by atoms with E-state index in [0.717, 1.165) is 11.8 Å². The molecule has 1 saturated heterocycles. The number of non-ortho nitro benzene ring substituents is 2. The Labute approximate surface area is 196 Å². The van der Waals surface area contributed by atoms with Gasteiger partial charge in [0.2, 0.25) is 0 Å². The predicted octanol–water partition coefficient (Wildman–Crippen LogP) is 4.60. The summed E-state index contributed by atoms with van der Waals surface area (Å²) in [5.74, 6) is 0.165. The average molecular weight is 477 g/mol. The smallest absolute Gasteiger partial charge is 0.270 e. The first kappa shape index (κ1) is 22.6. The maximum Gasteiger partial charge on any atom is 0.270 e. The summed E-state index contributed by atoms with van der Waals surface area (Å²) in [7, 11) is 0. The Hall–Kier alpha value is -4.58. The van der Waals surface area contributed by atoms with Crippen molar-refractivity contribution in [3.63, 3.8) is 0 Å². The van der Waals surface area contributed by atoms with Crippen molar-refractivity contribution in [2.24, 2.45) is 10.2 Å². The van der Waals surface area contributed by atoms with E-state index in [0.29, 0.717) is 21.8 Å². The van der Waals surface area contributed by atoms with Crippen molar-refractivity contribution in [1.82, 2.24) is 4.90 Å². The Kier molecular flexibility index (Phi) is 6.59. The third-order valence-electron chi connectivity index (χ3n) is 4.59. The summed E-state index contributed by atoms with van der Waals surface area (Å²) in [4.78, 5) is 35.7. The predicted molar refractivity (Wildman–Crippen MR) is 126 cm³/mol. The lowest BCUT2D eigenvalue weighted by molar-refractivity contribution is -0.385. The Morgan fingerprint density at radius 3 is 2.29 bits per heavy atom. The molecule has 4 rings (SSSR count). The lowest BCUT2D eigenvalue weighted by Gasteiger charge is -2.12. The van der Waals surface area contributed by atoms with E-state index in [9.17, 15) is 25.0 Å². The largest absolute Gasteiger partial charge is 0.467 e. The molecule has 2 aromatic carbocycles. The van der Waals surface area contributed by atoms with Gasteiger partial charge in [0.15, 0.2) is 5.17 Å². The van der Waals surface area contributed by atoms with Gasteiger partial charge in [-0.3, -0.25) is 29.9 Å². The van der Waals surface area contributed by atoms with Gasteiger partial charge >= 0.3 is 0 Å². The lowest BCUT2D eigenvalue weighted by atomic mass is 10.2. The first-order valence-corrected chi connectivity index (χ1v) is 10.6. The van der Waals surface area contributed by atoms with Crippen molar-refractivity contribution >= 4 is 46.5 Å². The number of hydrogen-bond donors (Lipinski definition) is 0. The fourth-order valence-corrected chi connectivity index (χ4v) is 3.96. The molecule has 1 aliphatic rings. The van der Waals surface area contributed by atoms with Gasteiger partial charge in [0.1, 0.15) is 5.76 Å². The molecule has 0 saturated carbocycles. The molecule has 11 nitrogen and oxygen atoms in total. The van der Waals surface area contributed by atoms with Crippen LogP contribution in [0, 0.1) is 20.2 Å². The van der Waals surface area contributed by atoms with Crippen LogP contribution in [0.4, 0.5) is 11.4 Å². The van der Waals surface area contributed by atoms with Crippen LogP contribution in [0.1, 0.15) is 16.9 Å².